The van der Waals surface area contributed by atoms with Gasteiger partial charge in [0.2, 0.25) is 0 Å². The zero-order chi connectivity index (χ0) is 14.6. The molecule has 4 bridgehead atoms. The Labute approximate surface area is 122 Å². The summed E-state index contributed by atoms with van der Waals surface area (Å²) in [6.45, 7) is 0.288. The minimum absolute atomic E-state index is 0.225. The molecule has 5 rings (SSSR count). The van der Waals surface area contributed by atoms with Gasteiger partial charge in [-0.3, -0.25) is 0 Å². The van der Waals surface area contributed by atoms with E-state index in [1.165, 1.54) is 32.1 Å². The number of benzene rings is 1. The van der Waals surface area contributed by atoms with E-state index < -0.39 is 17.5 Å². The van der Waals surface area contributed by atoms with Gasteiger partial charge in [-0.25, -0.2) is 13.2 Å². The molecule has 4 heteroatoms. The van der Waals surface area contributed by atoms with Gasteiger partial charge in [-0.2, -0.15) is 0 Å². The Bertz CT molecular complexity index is 529. The van der Waals surface area contributed by atoms with Crippen molar-refractivity contribution >= 4 is 0 Å². The number of rotatable bonds is 3. The highest BCUT2D eigenvalue weighted by molar-refractivity contribution is 5.20. The van der Waals surface area contributed by atoms with E-state index in [-0.39, 0.29) is 12.1 Å². The van der Waals surface area contributed by atoms with Crippen LogP contribution in [-0.4, -0.2) is 6.04 Å². The molecule has 21 heavy (non-hydrogen) atoms. The van der Waals surface area contributed by atoms with E-state index in [2.05, 4.69) is 5.32 Å². The second-order valence-electron chi connectivity index (χ2n) is 7.20. The maximum absolute atomic E-state index is 13.7. The summed E-state index contributed by atoms with van der Waals surface area (Å²) in [5.41, 5.74) is 0.225. The summed E-state index contributed by atoms with van der Waals surface area (Å²) in [7, 11) is 0. The molecule has 4 aliphatic carbocycles. The highest BCUT2D eigenvalue weighted by atomic mass is 19.2. The highest BCUT2D eigenvalue weighted by Crippen LogP contribution is 2.53. The van der Waals surface area contributed by atoms with Crippen LogP contribution in [0.25, 0.3) is 0 Å². The van der Waals surface area contributed by atoms with Gasteiger partial charge in [0, 0.05) is 24.2 Å². The van der Waals surface area contributed by atoms with E-state index in [1.807, 2.05) is 0 Å². The zero-order valence-electron chi connectivity index (χ0n) is 11.9. The van der Waals surface area contributed by atoms with Gasteiger partial charge in [0.05, 0.1) is 0 Å². The first kappa shape index (κ1) is 13.6. The summed E-state index contributed by atoms with van der Waals surface area (Å²) < 4.78 is 39.9. The van der Waals surface area contributed by atoms with E-state index in [0.29, 0.717) is 23.9 Å². The van der Waals surface area contributed by atoms with E-state index in [0.717, 1.165) is 17.9 Å². The monoisotopic (exact) mass is 295 g/mol. The van der Waals surface area contributed by atoms with Crippen molar-refractivity contribution in [3.63, 3.8) is 0 Å². The van der Waals surface area contributed by atoms with Gasteiger partial charge in [-0.1, -0.05) is 0 Å². The van der Waals surface area contributed by atoms with Crippen LogP contribution in [0.4, 0.5) is 13.2 Å². The topological polar surface area (TPSA) is 12.0 Å². The van der Waals surface area contributed by atoms with Gasteiger partial charge < -0.3 is 5.32 Å². The van der Waals surface area contributed by atoms with Crippen molar-refractivity contribution in [1.82, 2.24) is 5.32 Å². The zero-order valence-corrected chi connectivity index (χ0v) is 11.9. The van der Waals surface area contributed by atoms with Crippen molar-refractivity contribution in [2.75, 3.05) is 0 Å². The summed E-state index contributed by atoms with van der Waals surface area (Å²) in [5, 5.41) is 3.44. The van der Waals surface area contributed by atoms with Crippen molar-refractivity contribution in [2.45, 2.75) is 44.7 Å². The van der Waals surface area contributed by atoms with Crippen LogP contribution in [0.5, 0.6) is 0 Å². The molecule has 4 aliphatic rings. The number of nitrogens with one attached hydrogen (secondary N) is 1. The quantitative estimate of drug-likeness (QED) is 0.831. The Kier molecular flexibility index (Phi) is 3.25. The molecule has 1 N–H and O–H groups in total. The molecule has 4 fully saturated rings. The molecule has 0 amide bonds. The van der Waals surface area contributed by atoms with Crippen molar-refractivity contribution < 1.29 is 13.2 Å². The second-order valence-corrected chi connectivity index (χ2v) is 7.20. The molecule has 1 aromatic carbocycles. The van der Waals surface area contributed by atoms with Gasteiger partial charge in [0.15, 0.2) is 11.6 Å². The van der Waals surface area contributed by atoms with E-state index in [4.69, 9.17) is 0 Å². The lowest BCUT2D eigenvalue weighted by atomic mass is 9.54. The van der Waals surface area contributed by atoms with Crippen molar-refractivity contribution in [3.05, 3.63) is 35.1 Å². The maximum Gasteiger partial charge on any atom is 0.161 e. The Balaban J connectivity index is 1.46. The molecule has 0 unspecified atom stereocenters. The van der Waals surface area contributed by atoms with E-state index in [1.54, 1.807) is 0 Å². The molecular weight excluding hydrogens is 275 g/mol. The van der Waals surface area contributed by atoms with Crippen LogP contribution in [0.15, 0.2) is 12.1 Å². The number of halogens is 3. The minimum atomic E-state index is -1.12. The first-order chi connectivity index (χ1) is 10.1. The fourth-order valence-corrected chi connectivity index (χ4v) is 5.19. The van der Waals surface area contributed by atoms with E-state index >= 15 is 0 Å². The average Bonchev–Trinajstić information content (AvgIpc) is 2.42. The summed E-state index contributed by atoms with van der Waals surface area (Å²) >= 11 is 0. The Morgan fingerprint density at radius 1 is 0.810 bits per heavy atom. The lowest BCUT2D eigenvalue weighted by molar-refractivity contribution is -0.0143. The normalized spacial score (nSPS) is 37.2. The molecule has 0 aromatic heterocycles. The molecule has 0 heterocycles. The van der Waals surface area contributed by atoms with Gasteiger partial charge >= 0.3 is 0 Å². The predicted molar refractivity (Wildman–Crippen MR) is 74.0 cm³/mol. The molecule has 0 saturated heterocycles. The summed E-state index contributed by atoms with van der Waals surface area (Å²) in [6.07, 6.45) is 6.53. The molecule has 0 radical (unpaired) electrons. The predicted octanol–water partition coefficient (Wildman–Crippen LogP) is 4.02. The smallest absolute Gasteiger partial charge is 0.161 e. The fraction of sp³-hybridized carbons (Fsp3) is 0.647. The Morgan fingerprint density at radius 2 is 1.38 bits per heavy atom. The van der Waals surface area contributed by atoms with Crippen LogP contribution in [0.3, 0.4) is 0 Å². The molecule has 1 aromatic rings. The molecule has 0 spiro atoms. The molecule has 4 saturated carbocycles. The Morgan fingerprint density at radius 3 is 2.00 bits per heavy atom. The number of hydrogen-bond acceptors (Lipinski definition) is 1. The summed E-state index contributed by atoms with van der Waals surface area (Å²) in [4.78, 5) is 0. The lowest BCUT2D eigenvalue weighted by Gasteiger charge is -2.54. The third kappa shape index (κ3) is 2.37. The fourth-order valence-electron chi connectivity index (χ4n) is 5.19. The van der Waals surface area contributed by atoms with Crippen LogP contribution in [-0.2, 0) is 6.54 Å². The van der Waals surface area contributed by atoms with E-state index in [9.17, 15) is 13.2 Å². The van der Waals surface area contributed by atoms with Crippen LogP contribution >= 0.6 is 0 Å². The Hall–Kier alpha value is -1.03. The summed E-state index contributed by atoms with van der Waals surface area (Å²) in [5.74, 6) is 0.412. The van der Waals surface area contributed by atoms with Gasteiger partial charge in [0.25, 0.3) is 0 Å². The molecule has 0 atom stereocenters. The standard InChI is InChI=1S/C17H20F3N/c18-14-7-16(20)15(19)6-13(14)8-21-17-11-2-9-1-10(4-11)5-12(17)3-9/h6-7,9-12,17,21H,1-5,8H2. The van der Waals surface area contributed by atoms with Crippen LogP contribution in [0.1, 0.15) is 37.7 Å². The minimum Gasteiger partial charge on any atom is -0.309 e. The lowest BCUT2D eigenvalue weighted by Crippen LogP contribution is -2.54. The van der Waals surface area contributed by atoms with Gasteiger partial charge in [0.1, 0.15) is 5.82 Å². The van der Waals surface area contributed by atoms with Crippen LogP contribution in [0.2, 0.25) is 0 Å². The second kappa shape index (κ2) is 5.01. The van der Waals surface area contributed by atoms with Crippen molar-refractivity contribution in [3.8, 4) is 0 Å². The largest absolute Gasteiger partial charge is 0.309 e. The van der Waals surface area contributed by atoms with Gasteiger partial charge in [-0.15, -0.1) is 0 Å². The third-order valence-corrected chi connectivity index (χ3v) is 5.84. The molecule has 1 nitrogen and oxygen atoms in total. The van der Waals surface area contributed by atoms with Crippen molar-refractivity contribution in [2.24, 2.45) is 23.7 Å². The third-order valence-electron chi connectivity index (χ3n) is 5.84. The van der Waals surface area contributed by atoms with Crippen LogP contribution in [0, 0.1) is 41.1 Å². The van der Waals surface area contributed by atoms with Gasteiger partial charge in [-0.05, 0) is 61.8 Å². The summed E-state index contributed by atoms with van der Waals surface area (Å²) in [6, 6.07) is 2.04. The first-order valence-electron chi connectivity index (χ1n) is 7.97. The molecular formula is C17H20F3N. The average molecular weight is 295 g/mol. The molecule has 114 valence electrons. The van der Waals surface area contributed by atoms with Crippen molar-refractivity contribution in [1.29, 1.82) is 0 Å². The number of hydrogen-bond donors (Lipinski definition) is 1. The maximum atomic E-state index is 13.7. The highest BCUT2D eigenvalue weighted by Gasteiger charge is 2.47. The van der Waals surface area contributed by atoms with Crippen LogP contribution < -0.4 is 5.32 Å². The SMILES string of the molecule is Fc1cc(F)c(CNC2C3CC4CC(C3)CC2C4)cc1F. The first-order valence-corrected chi connectivity index (χ1v) is 7.97. The molecule has 0 aliphatic heterocycles.